The summed E-state index contributed by atoms with van der Waals surface area (Å²) in [7, 11) is 0. The molecule has 1 saturated heterocycles. The molecule has 90 valence electrons. The second kappa shape index (κ2) is 3.05. The Hall–Kier alpha value is -0.460. The standard InChI is InChI=1S/C15H24O/c1-10(2)13-12-7-9-15(16-13)8-5-6-11(3)14(12,15)4/h11-12H,5-9H2,1-4H3/t11-,12?,14-,15+/m0/s1. The first kappa shape index (κ1) is 10.7. The SMILES string of the molecule is CC(C)=C1O[C@@]23CCC[C@H](C)[C@@]2(C)C1CC3. The fourth-order valence-corrected chi connectivity index (χ4v) is 4.79. The Morgan fingerprint density at radius 1 is 1.25 bits per heavy atom. The van der Waals surface area contributed by atoms with Crippen molar-refractivity contribution in [3.05, 3.63) is 11.3 Å². The van der Waals surface area contributed by atoms with E-state index in [1.54, 1.807) is 0 Å². The van der Waals surface area contributed by atoms with E-state index in [0.29, 0.717) is 11.3 Å². The summed E-state index contributed by atoms with van der Waals surface area (Å²) in [6.07, 6.45) is 6.71. The Kier molecular flexibility index (Phi) is 2.04. The minimum Gasteiger partial charge on any atom is -0.491 e. The largest absolute Gasteiger partial charge is 0.491 e. The summed E-state index contributed by atoms with van der Waals surface area (Å²) in [5, 5.41) is 0. The molecule has 1 heterocycles. The van der Waals surface area contributed by atoms with Crippen molar-refractivity contribution < 1.29 is 4.74 Å². The van der Waals surface area contributed by atoms with E-state index in [2.05, 4.69) is 27.7 Å². The summed E-state index contributed by atoms with van der Waals surface area (Å²) >= 11 is 0. The summed E-state index contributed by atoms with van der Waals surface area (Å²) in [5.74, 6) is 2.89. The van der Waals surface area contributed by atoms with Crippen LogP contribution in [0.2, 0.25) is 0 Å². The summed E-state index contributed by atoms with van der Waals surface area (Å²) in [4.78, 5) is 0. The third-order valence-electron chi connectivity index (χ3n) is 5.90. The highest BCUT2D eigenvalue weighted by molar-refractivity contribution is 5.28. The van der Waals surface area contributed by atoms with Gasteiger partial charge in [-0.1, -0.05) is 13.8 Å². The van der Waals surface area contributed by atoms with Crippen LogP contribution < -0.4 is 0 Å². The van der Waals surface area contributed by atoms with Gasteiger partial charge in [-0.15, -0.1) is 0 Å². The molecule has 3 fully saturated rings. The van der Waals surface area contributed by atoms with Crippen LogP contribution in [0.1, 0.15) is 59.8 Å². The molecule has 3 rings (SSSR count). The van der Waals surface area contributed by atoms with Crippen molar-refractivity contribution >= 4 is 0 Å². The van der Waals surface area contributed by atoms with Crippen LogP contribution in [-0.2, 0) is 4.74 Å². The van der Waals surface area contributed by atoms with Crippen LogP contribution in [0.4, 0.5) is 0 Å². The van der Waals surface area contributed by atoms with Crippen LogP contribution in [0, 0.1) is 17.3 Å². The molecule has 0 aromatic heterocycles. The molecule has 0 N–H and O–H groups in total. The molecule has 1 heteroatoms. The molecule has 0 spiro atoms. The quantitative estimate of drug-likeness (QED) is 0.592. The minimum atomic E-state index is 0.210. The van der Waals surface area contributed by atoms with Crippen molar-refractivity contribution in [3.63, 3.8) is 0 Å². The van der Waals surface area contributed by atoms with Crippen LogP contribution in [0.5, 0.6) is 0 Å². The van der Waals surface area contributed by atoms with Gasteiger partial charge >= 0.3 is 0 Å². The van der Waals surface area contributed by atoms with Gasteiger partial charge in [-0.25, -0.2) is 0 Å². The highest BCUT2D eigenvalue weighted by Gasteiger charge is 2.68. The second-order valence-corrected chi connectivity index (χ2v) is 6.63. The first-order valence-electron chi connectivity index (χ1n) is 6.88. The van der Waals surface area contributed by atoms with Gasteiger partial charge in [-0.3, -0.25) is 0 Å². The van der Waals surface area contributed by atoms with Gasteiger partial charge in [-0.2, -0.15) is 0 Å². The molecule has 0 radical (unpaired) electrons. The maximum atomic E-state index is 6.47. The molecule has 2 aliphatic carbocycles. The number of rotatable bonds is 0. The van der Waals surface area contributed by atoms with E-state index in [4.69, 9.17) is 4.74 Å². The highest BCUT2D eigenvalue weighted by atomic mass is 16.5. The van der Waals surface area contributed by atoms with Crippen molar-refractivity contribution in [1.29, 1.82) is 0 Å². The molecule has 16 heavy (non-hydrogen) atoms. The van der Waals surface area contributed by atoms with Crippen LogP contribution in [0.25, 0.3) is 0 Å². The molecular weight excluding hydrogens is 196 g/mol. The Morgan fingerprint density at radius 3 is 2.62 bits per heavy atom. The topological polar surface area (TPSA) is 9.23 Å². The van der Waals surface area contributed by atoms with E-state index in [0.717, 1.165) is 5.92 Å². The van der Waals surface area contributed by atoms with Crippen molar-refractivity contribution in [1.82, 2.24) is 0 Å². The smallest absolute Gasteiger partial charge is 0.115 e. The lowest BCUT2D eigenvalue weighted by atomic mass is 9.59. The normalized spacial score (nSPS) is 50.1. The average Bonchev–Trinajstić information content (AvgIpc) is 2.67. The van der Waals surface area contributed by atoms with Gasteiger partial charge in [-0.05, 0) is 57.4 Å². The summed E-state index contributed by atoms with van der Waals surface area (Å²) in [5.41, 5.74) is 2.05. The lowest BCUT2D eigenvalue weighted by Crippen LogP contribution is -2.48. The van der Waals surface area contributed by atoms with Gasteiger partial charge in [0.25, 0.3) is 0 Å². The first-order chi connectivity index (χ1) is 7.51. The zero-order valence-corrected chi connectivity index (χ0v) is 11.1. The minimum absolute atomic E-state index is 0.210. The second-order valence-electron chi connectivity index (χ2n) is 6.63. The van der Waals surface area contributed by atoms with Crippen molar-refractivity contribution in [2.75, 3.05) is 0 Å². The first-order valence-corrected chi connectivity index (χ1v) is 6.88. The average molecular weight is 220 g/mol. The molecule has 0 aromatic rings. The predicted molar refractivity (Wildman–Crippen MR) is 66.0 cm³/mol. The molecule has 4 atom stereocenters. The predicted octanol–water partition coefficient (Wildman–Crippen LogP) is 4.29. The van der Waals surface area contributed by atoms with E-state index in [-0.39, 0.29) is 5.60 Å². The number of hydrogen-bond acceptors (Lipinski definition) is 1. The van der Waals surface area contributed by atoms with E-state index in [1.807, 2.05) is 0 Å². The molecule has 1 unspecified atom stereocenters. The number of allylic oxidation sites excluding steroid dienone is 2. The van der Waals surface area contributed by atoms with Gasteiger partial charge in [0.05, 0.1) is 5.76 Å². The van der Waals surface area contributed by atoms with Crippen molar-refractivity contribution in [3.8, 4) is 0 Å². The van der Waals surface area contributed by atoms with Crippen molar-refractivity contribution in [2.45, 2.75) is 65.4 Å². The maximum absolute atomic E-state index is 6.47. The summed E-state index contributed by atoms with van der Waals surface area (Å²) in [6, 6.07) is 0. The van der Waals surface area contributed by atoms with E-state index in [9.17, 15) is 0 Å². The molecule has 2 saturated carbocycles. The molecule has 0 amide bonds. The Morgan fingerprint density at radius 2 is 2.00 bits per heavy atom. The van der Waals surface area contributed by atoms with Crippen LogP contribution in [0.15, 0.2) is 11.3 Å². The molecular formula is C15H24O. The monoisotopic (exact) mass is 220 g/mol. The molecule has 0 aromatic carbocycles. The fourth-order valence-electron chi connectivity index (χ4n) is 4.79. The molecule has 3 aliphatic rings. The lowest BCUT2D eigenvalue weighted by molar-refractivity contribution is -0.0839. The van der Waals surface area contributed by atoms with Crippen LogP contribution in [0.3, 0.4) is 0 Å². The number of ether oxygens (including phenoxy) is 1. The maximum Gasteiger partial charge on any atom is 0.115 e. The molecule has 1 aliphatic heterocycles. The van der Waals surface area contributed by atoms with Crippen LogP contribution in [-0.4, -0.2) is 5.60 Å². The van der Waals surface area contributed by atoms with Gasteiger partial charge in [0.2, 0.25) is 0 Å². The highest BCUT2D eigenvalue weighted by Crippen LogP contribution is 2.69. The van der Waals surface area contributed by atoms with Gasteiger partial charge in [0.1, 0.15) is 5.60 Å². The van der Waals surface area contributed by atoms with E-state index >= 15 is 0 Å². The zero-order valence-electron chi connectivity index (χ0n) is 11.1. The van der Waals surface area contributed by atoms with E-state index < -0.39 is 0 Å². The zero-order chi connectivity index (χ0) is 11.6. The van der Waals surface area contributed by atoms with Crippen LogP contribution >= 0.6 is 0 Å². The summed E-state index contributed by atoms with van der Waals surface area (Å²) in [6.45, 7) is 9.38. The van der Waals surface area contributed by atoms with E-state index in [1.165, 1.54) is 43.4 Å². The summed E-state index contributed by atoms with van der Waals surface area (Å²) < 4.78 is 6.47. The number of hydrogen-bond donors (Lipinski definition) is 0. The lowest BCUT2D eigenvalue weighted by Gasteiger charge is -2.47. The Labute approximate surface area is 99.3 Å². The van der Waals surface area contributed by atoms with Crippen molar-refractivity contribution in [2.24, 2.45) is 17.3 Å². The third-order valence-corrected chi connectivity index (χ3v) is 5.90. The van der Waals surface area contributed by atoms with Gasteiger partial charge in [0, 0.05) is 11.3 Å². The van der Waals surface area contributed by atoms with Gasteiger partial charge in [0.15, 0.2) is 0 Å². The Bertz CT molecular complexity index is 352. The fraction of sp³-hybridized carbons (Fsp3) is 0.867. The molecule has 1 nitrogen and oxygen atoms in total. The molecule has 2 bridgehead atoms. The third kappa shape index (κ3) is 0.983. The Balaban J connectivity index is 2.11. The van der Waals surface area contributed by atoms with Gasteiger partial charge < -0.3 is 4.74 Å².